The summed E-state index contributed by atoms with van der Waals surface area (Å²) in [6.07, 6.45) is 1.70. The average Bonchev–Trinajstić information content (AvgIpc) is 2.33. The first-order valence-electron chi connectivity index (χ1n) is 5.88. The summed E-state index contributed by atoms with van der Waals surface area (Å²) in [5, 5.41) is 10.8. The molecule has 1 fully saturated rings. The van der Waals surface area contributed by atoms with E-state index in [1.807, 2.05) is 30.0 Å². The highest BCUT2D eigenvalue weighted by atomic mass is 35.5. The zero-order valence-corrected chi connectivity index (χ0v) is 11.4. The topological polar surface area (TPSA) is 29.5 Å². The molecule has 17 heavy (non-hydrogen) atoms. The van der Waals surface area contributed by atoms with Crippen LogP contribution < -0.4 is 0 Å². The largest absolute Gasteiger partial charge is 0.389 e. The van der Waals surface area contributed by atoms with Crippen LogP contribution in [0.5, 0.6) is 0 Å². The van der Waals surface area contributed by atoms with Crippen LogP contribution in [0.4, 0.5) is 0 Å². The molecule has 1 aromatic rings. The number of aliphatic hydroxyl groups excluding tert-OH is 1. The van der Waals surface area contributed by atoms with Crippen molar-refractivity contribution in [3.8, 4) is 0 Å². The number of hydrogen-bond acceptors (Lipinski definition) is 3. The monoisotopic (exact) mass is 272 g/mol. The Labute approximate surface area is 111 Å². The van der Waals surface area contributed by atoms with Gasteiger partial charge in [0.25, 0.3) is 0 Å². The first kappa shape index (κ1) is 13.2. The molecule has 1 aromatic carbocycles. The number of halogens is 1. The number of rotatable bonds is 3. The third-order valence-electron chi connectivity index (χ3n) is 2.90. The molecule has 1 N–H and O–H groups in total. The zero-order valence-electron chi connectivity index (χ0n) is 9.86. The molecule has 1 unspecified atom stereocenters. The van der Waals surface area contributed by atoms with Crippen molar-refractivity contribution < 1.29 is 9.84 Å². The summed E-state index contributed by atoms with van der Waals surface area (Å²) in [4.78, 5) is 1.10. The Morgan fingerprint density at radius 2 is 2.12 bits per heavy atom. The molecule has 94 valence electrons. The molecule has 0 aromatic heterocycles. The van der Waals surface area contributed by atoms with Crippen molar-refractivity contribution in [1.82, 2.24) is 0 Å². The minimum Gasteiger partial charge on any atom is -0.389 e. The zero-order chi connectivity index (χ0) is 12.3. The number of ether oxygens (including phenoxy) is 1. The van der Waals surface area contributed by atoms with Gasteiger partial charge in [-0.2, -0.15) is 0 Å². The van der Waals surface area contributed by atoms with E-state index in [0.29, 0.717) is 5.25 Å². The Hall–Kier alpha value is -0.220. The fraction of sp³-hybridized carbons (Fsp3) is 0.538. The summed E-state index contributed by atoms with van der Waals surface area (Å²) in [6.45, 7) is 3.44. The standard InChI is InChI=1S/C13H17ClO2S/c1-9(15)10-2-3-13(12(14)8-10)17-11-4-6-16-7-5-11/h2-3,8-9,11,15H,4-7H2,1H3. The van der Waals surface area contributed by atoms with Crippen LogP contribution in [0.15, 0.2) is 23.1 Å². The van der Waals surface area contributed by atoms with Crippen LogP contribution in [-0.4, -0.2) is 23.6 Å². The summed E-state index contributed by atoms with van der Waals surface area (Å²) in [7, 11) is 0. The van der Waals surface area contributed by atoms with Crippen molar-refractivity contribution in [3.63, 3.8) is 0 Å². The van der Waals surface area contributed by atoms with Gasteiger partial charge < -0.3 is 9.84 Å². The second-order valence-electron chi connectivity index (χ2n) is 4.30. The molecular weight excluding hydrogens is 256 g/mol. The maximum absolute atomic E-state index is 9.48. The van der Waals surface area contributed by atoms with Crippen LogP contribution in [-0.2, 0) is 4.74 Å². The summed E-state index contributed by atoms with van der Waals surface area (Å²) in [6, 6.07) is 5.80. The summed E-state index contributed by atoms with van der Waals surface area (Å²) >= 11 is 8.05. The average molecular weight is 273 g/mol. The third kappa shape index (κ3) is 3.62. The summed E-state index contributed by atoms with van der Waals surface area (Å²) in [5.41, 5.74) is 0.867. The molecule has 1 aliphatic rings. The molecule has 2 rings (SSSR count). The molecule has 2 nitrogen and oxygen atoms in total. The van der Waals surface area contributed by atoms with Crippen LogP contribution in [0.1, 0.15) is 31.4 Å². The van der Waals surface area contributed by atoms with Crippen LogP contribution in [0.3, 0.4) is 0 Å². The number of thioether (sulfide) groups is 1. The van der Waals surface area contributed by atoms with Crippen LogP contribution in [0, 0.1) is 0 Å². The normalized spacial score (nSPS) is 19.2. The highest BCUT2D eigenvalue weighted by Gasteiger charge is 2.16. The molecule has 0 saturated carbocycles. The van der Waals surface area contributed by atoms with E-state index in [9.17, 15) is 5.11 Å². The third-order valence-corrected chi connectivity index (χ3v) is 4.74. The van der Waals surface area contributed by atoms with E-state index in [1.165, 1.54) is 0 Å². The van der Waals surface area contributed by atoms with Crippen molar-refractivity contribution in [2.45, 2.75) is 36.0 Å². The lowest BCUT2D eigenvalue weighted by Gasteiger charge is -2.22. The van der Waals surface area contributed by atoms with Crippen LogP contribution in [0.2, 0.25) is 5.02 Å². The van der Waals surface area contributed by atoms with Gasteiger partial charge in [0.15, 0.2) is 0 Å². The van der Waals surface area contributed by atoms with Gasteiger partial charge in [-0.25, -0.2) is 0 Å². The fourth-order valence-electron chi connectivity index (χ4n) is 1.85. The molecule has 0 amide bonds. The first-order chi connectivity index (χ1) is 8.16. The minimum atomic E-state index is -0.463. The molecule has 0 spiro atoms. The Kier molecular flexibility index (Phi) is 4.74. The van der Waals surface area contributed by atoms with E-state index in [1.54, 1.807) is 6.92 Å². The summed E-state index contributed by atoms with van der Waals surface area (Å²) in [5.74, 6) is 0. The second-order valence-corrected chi connectivity index (χ2v) is 6.04. The van der Waals surface area contributed by atoms with Crippen molar-refractivity contribution in [2.24, 2.45) is 0 Å². The van der Waals surface area contributed by atoms with Gasteiger partial charge >= 0.3 is 0 Å². The van der Waals surface area contributed by atoms with Crippen LogP contribution >= 0.6 is 23.4 Å². The highest BCUT2D eigenvalue weighted by Crippen LogP contribution is 2.35. The Morgan fingerprint density at radius 1 is 1.41 bits per heavy atom. The predicted molar refractivity (Wildman–Crippen MR) is 71.8 cm³/mol. The molecule has 0 radical (unpaired) electrons. The van der Waals surface area contributed by atoms with Gasteiger partial charge in [0, 0.05) is 23.4 Å². The molecule has 0 bridgehead atoms. The molecule has 1 atom stereocenters. The van der Waals surface area contributed by atoms with E-state index in [4.69, 9.17) is 16.3 Å². The van der Waals surface area contributed by atoms with Crippen molar-refractivity contribution in [1.29, 1.82) is 0 Å². The molecule has 4 heteroatoms. The molecule has 0 aliphatic carbocycles. The van der Waals surface area contributed by atoms with Gasteiger partial charge in [0.05, 0.1) is 11.1 Å². The number of aliphatic hydroxyl groups is 1. The van der Waals surface area contributed by atoms with E-state index >= 15 is 0 Å². The molecular formula is C13H17ClO2S. The number of benzene rings is 1. The maximum atomic E-state index is 9.48. The van der Waals surface area contributed by atoms with Gasteiger partial charge in [-0.15, -0.1) is 11.8 Å². The molecule has 1 saturated heterocycles. The lowest BCUT2D eigenvalue weighted by atomic mass is 10.1. The van der Waals surface area contributed by atoms with Gasteiger partial charge in [-0.1, -0.05) is 17.7 Å². The lowest BCUT2D eigenvalue weighted by Crippen LogP contribution is -2.17. The van der Waals surface area contributed by atoms with Crippen LogP contribution in [0.25, 0.3) is 0 Å². The second kappa shape index (κ2) is 6.10. The lowest BCUT2D eigenvalue weighted by molar-refractivity contribution is 0.100. The van der Waals surface area contributed by atoms with E-state index < -0.39 is 6.10 Å². The predicted octanol–water partition coefficient (Wildman–Crippen LogP) is 3.66. The number of hydrogen-bond donors (Lipinski definition) is 1. The quantitative estimate of drug-likeness (QED) is 0.911. The first-order valence-corrected chi connectivity index (χ1v) is 7.14. The maximum Gasteiger partial charge on any atom is 0.0762 e. The smallest absolute Gasteiger partial charge is 0.0762 e. The van der Waals surface area contributed by atoms with Gasteiger partial charge in [-0.3, -0.25) is 0 Å². The molecule has 1 heterocycles. The fourth-order valence-corrected chi connectivity index (χ4v) is 3.27. The van der Waals surface area contributed by atoms with E-state index in [-0.39, 0.29) is 0 Å². The Morgan fingerprint density at radius 3 is 2.71 bits per heavy atom. The summed E-state index contributed by atoms with van der Waals surface area (Å²) < 4.78 is 5.34. The van der Waals surface area contributed by atoms with E-state index in [2.05, 4.69) is 0 Å². The molecule has 1 aliphatic heterocycles. The Balaban J connectivity index is 2.05. The Bertz CT molecular complexity index is 376. The van der Waals surface area contributed by atoms with E-state index in [0.717, 1.165) is 41.5 Å². The van der Waals surface area contributed by atoms with Crippen molar-refractivity contribution in [2.75, 3.05) is 13.2 Å². The van der Waals surface area contributed by atoms with Crippen molar-refractivity contribution in [3.05, 3.63) is 28.8 Å². The van der Waals surface area contributed by atoms with Gasteiger partial charge in [0.2, 0.25) is 0 Å². The van der Waals surface area contributed by atoms with Crippen molar-refractivity contribution >= 4 is 23.4 Å². The van der Waals surface area contributed by atoms with Gasteiger partial charge in [-0.05, 0) is 37.5 Å². The minimum absolute atomic E-state index is 0.463. The highest BCUT2D eigenvalue weighted by molar-refractivity contribution is 8.00. The SMILES string of the molecule is CC(O)c1ccc(SC2CCOCC2)c(Cl)c1. The van der Waals surface area contributed by atoms with Gasteiger partial charge in [0.1, 0.15) is 0 Å².